The summed E-state index contributed by atoms with van der Waals surface area (Å²) in [7, 11) is 0. The van der Waals surface area contributed by atoms with Crippen molar-refractivity contribution < 1.29 is 4.74 Å². The molecule has 0 amide bonds. The van der Waals surface area contributed by atoms with E-state index in [-0.39, 0.29) is 0 Å². The Morgan fingerprint density at radius 1 is 0.724 bits per heavy atom. The van der Waals surface area contributed by atoms with Gasteiger partial charge >= 0.3 is 0 Å². The van der Waals surface area contributed by atoms with E-state index in [1.165, 1.54) is 102 Å². The van der Waals surface area contributed by atoms with Crippen LogP contribution in [0.25, 0.3) is 0 Å². The highest BCUT2D eigenvalue weighted by Crippen LogP contribution is 2.34. The highest BCUT2D eigenvalue weighted by molar-refractivity contribution is 5.27. The van der Waals surface area contributed by atoms with Gasteiger partial charge in [-0.25, -0.2) is 0 Å². The molecule has 2 aliphatic carbocycles. The molecule has 0 heterocycles. The van der Waals surface area contributed by atoms with Crippen molar-refractivity contribution in [3.8, 4) is 5.75 Å². The summed E-state index contributed by atoms with van der Waals surface area (Å²) in [5.74, 6) is 4.97. The predicted molar refractivity (Wildman–Crippen MR) is 126 cm³/mol. The second-order valence-electron chi connectivity index (χ2n) is 10.3. The van der Waals surface area contributed by atoms with Crippen molar-refractivity contribution >= 4 is 0 Å². The van der Waals surface area contributed by atoms with Crippen LogP contribution < -0.4 is 4.74 Å². The fourth-order valence-corrected chi connectivity index (χ4v) is 5.60. The molecule has 0 bridgehead atoms. The summed E-state index contributed by atoms with van der Waals surface area (Å²) in [6.07, 6.45) is 21.1. The second kappa shape index (κ2) is 12.7. The molecule has 0 radical (unpaired) electrons. The Kier molecular flexibility index (Phi) is 9.91. The maximum Gasteiger partial charge on any atom is 0.119 e. The average Bonchev–Trinajstić information content (AvgIpc) is 2.76. The number of unbranched alkanes of at least 4 members (excludes halogenated alkanes) is 1. The van der Waals surface area contributed by atoms with Crippen molar-refractivity contribution in [3.05, 3.63) is 29.8 Å². The summed E-state index contributed by atoms with van der Waals surface area (Å²) < 4.78 is 6.03. The summed E-state index contributed by atoms with van der Waals surface area (Å²) >= 11 is 0. The van der Waals surface area contributed by atoms with Crippen LogP contribution in [-0.2, 0) is 6.42 Å². The van der Waals surface area contributed by atoms with E-state index in [2.05, 4.69) is 38.1 Å². The van der Waals surface area contributed by atoms with E-state index in [1.807, 2.05) is 0 Å². The summed E-state index contributed by atoms with van der Waals surface area (Å²) in [4.78, 5) is 0. The molecule has 164 valence electrons. The summed E-state index contributed by atoms with van der Waals surface area (Å²) in [5.41, 5.74) is 1.48. The molecule has 0 aromatic heterocycles. The van der Waals surface area contributed by atoms with Gasteiger partial charge in [0.2, 0.25) is 0 Å². The normalized spacial score (nSPS) is 27.7. The number of aryl methyl sites for hydroxylation is 1. The van der Waals surface area contributed by atoms with Crippen molar-refractivity contribution in [2.24, 2.45) is 23.7 Å². The molecule has 0 saturated heterocycles. The zero-order chi connectivity index (χ0) is 20.3. The van der Waals surface area contributed by atoms with Gasteiger partial charge in [-0.2, -0.15) is 0 Å². The van der Waals surface area contributed by atoms with Crippen molar-refractivity contribution in [1.82, 2.24) is 0 Å². The van der Waals surface area contributed by atoms with Crippen LogP contribution in [0.4, 0.5) is 0 Å². The first-order chi connectivity index (χ1) is 14.2. The van der Waals surface area contributed by atoms with E-state index in [0.717, 1.165) is 36.0 Å². The van der Waals surface area contributed by atoms with Crippen molar-refractivity contribution in [2.75, 3.05) is 6.61 Å². The fraction of sp³-hybridized carbons (Fsp3) is 0.786. The Morgan fingerprint density at radius 2 is 1.28 bits per heavy atom. The fourth-order valence-electron chi connectivity index (χ4n) is 5.60. The van der Waals surface area contributed by atoms with E-state index in [9.17, 15) is 0 Å². The van der Waals surface area contributed by atoms with Gasteiger partial charge in [0.15, 0.2) is 0 Å². The van der Waals surface area contributed by atoms with Gasteiger partial charge in [-0.3, -0.25) is 0 Å². The van der Waals surface area contributed by atoms with E-state index in [1.54, 1.807) is 0 Å². The molecule has 0 atom stereocenters. The van der Waals surface area contributed by atoms with Crippen LogP contribution >= 0.6 is 0 Å². The van der Waals surface area contributed by atoms with Gasteiger partial charge in [0.1, 0.15) is 5.75 Å². The molecular weight excluding hydrogens is 352 g/mol. The smallest absolute Gasteiger partial charge is 0.119 e. The first-order valence-electron chi connectivity index (χ1n) is 12.9. The lowest BCUT2D eigenvalue weighted by atomic mass is 9.78. The van der Waals surface area contributed by atoms with Crippen LogP contribution in [0.2, 0.25) is 0 Å². The second-order valence-corrected chi connectivity index (χ2v) is 10.3. The van der Waals surface area contributed by atoms with Crippen molar-refractivity contribution in [2.45, 2.75) is 110 Å². The monoisotopic (exact) mass is 398 g/mol. The molecule has 1 aromatic rings. The molecule has 0 aliphatic heterocycles. The minimum absolute atomic E-state index is 0.884. The Bertz CT molecular complexity index is 532. The van der Waals surface area contributed by atoms with Gasteiger partial charge in [0.05, 0.1) is 6.61 Å². The zero-order valence-corrected chi connectivity index (χ0v) is 19.3. The Hall–Kier alpha value is -0.980. The van der Waals surface area contributed by atoms with Gasteiger partial charge in [0, 0.05) is 0 Å². The average molecular weight is 399 g/mol. The van der Waals surface area contributed by atoms with Crippen LogP contribution in [0, 0.1) is 23.7 Å². The summed E-state index contributed by atoms with van der Waals surface area (Å²) in [5, 5.41) is 0. The van der Waals surface area contributed by atoms with Crippen LogP contribution in [0.15, 0.2) is 24.3 Å². The Balaban J connectivity index is 1.25. The quantitative estimate of drug-likeness (QED) is 0.339. The standard InChI is InChI=1S/C28H46O/c1-3-4-6-24-12-14-25(15-13-24)7-5-22-29-28-20-18-27(19-21-28)17-16-26-10-8-23(2)9-11-26/h18-21,23-26H,3-17,22H2,1-2H3/t23-,24-,25-,26-. The molecule has 2 saturated carbocycles. The molecule has 3 rings (SSSR count). The van der Waals surface area contributed by atoms with Crippen LogP contribution in [0.1, 0.15) is 109 Å². The molecule has 0 spiro atoms. The van der Waals surface area contributed by atoms with E-state index >= 15 is 0 Å². The third-order valence-electron chi connectivity index (χ3n) is 7.86. The lowest BCUT2D eigenvalue weighted by Gasteiger charge is -2.28. The maximum atomic E-state index is 6.03. The molecule has 1 aromatic carbocycles. The molecule has 1 heteroatoms. The van der Waals surface area contributed by atoms with Crippen molar-refractivity contribution in [3.63, 3.8) is 0 Å². The van der Waals surface area contributed by atoms with Crippen molar-refractivity contribution in [1.29, 1.82) is 0 Å². The molecule has 0 unspecified atom stereocenters. The molecule has 29 heavy (non-hydrogen) atoms. The highest BCUT2D eigenvalue weighted by Gasteiger charge is 2.20. The lowest BCUT2D eigenvalue weighted by molar-refractivity contribution is 0.228. The zero-order valence-electron chi connectivity index (χ0n) is 19.3. The SMILES string of the molecule is CCCC[C@H]1CC[C@H](CCCOc2ccc(CC[C@H]3CC[C@H](C)CC3)cc2)CC1. The first kappa shape index (κ1) is 22.7. The van der Waals surface area contributed by atoms with Crippen LogP contribution in [0.3, 0.4) is 0 Å². The Morgan fingerprint density at radius 3 is 1.90 bits per heavy atom. The molecule has 0 N–H and O–H groups in total. The third-order valence-corrected chi connectivity index (χ3v) is 7.86. The largest absolute Gasteiger partial charge is 0.494 e. The highest BCUT2D eigenvalue weighted by atomic mass is 16.5. The number of rotatable bonds is 11. The van der Waals surface area contributed by atoms with E-state index in [0.29, 0.717) is 0 Å². The molecule has 2 fully saturated rings. The lowest BCUT2D eigenvalue weighted by Crippen LogP contribution is -2.15. The number of hydrogen-bond acceptors (Lipinski definition) is 1. The van der Waals surface area contributed by atoms with E-state index < -0.39 is 0 Å². The maximum absolute atomic E-state index is 6.03. The van der Waals surface area contributed by atoms with Crippen LogP contribution in [-0.4, -0.2) is 6.61 Å². The van der Waals surface area contributed by atoms with E-state index in [4.69, 9.17) is 4.74 Å². The summed E-state index contributed by atoms with van der Waals surface area (Å²) in [6, 6.07) is 8.96. The molecule has 2 aliphatic rings. The van der Waals surface area contributed by atoms with Gasteiger partial charge < -0.3 is 4.74 Å². The van der Waals surface area contributed by atoms with Crippen LogP contribution in [0.5, 0.6) is 5.75 Å². The first-order valence-corrected chi connectivity index (χ1v) is 12.9. The third kappa shape index (κ3) is 8.35. The van der Waals surface area contributed by atoms with Gasteiger partial charge in [0.25, 0.3) is 0 Å². The predicted octanol–water partition coefficient (Wildman–Crippen LogP) is 8.60. The molecule has 1 nitrogen and oxygen atoms in total. The number of ether oxygens (including phenoxy) is 1. The number of benzene rings is 1. The topological polar surface area (TPSA) is 9.23 Å². The minimum atomic E-state index is 0.884. The van der Waals surface area contributed by atoms with Gasteiger partial charge in [-0.1, -0.05) is 96.6 Å². The Labute approximate surface area is 181 Å². The molecular formula is C28H46O. The van der Waals surface area contributed by atoms with Gasteiger partial charge in [-0.15, -0.1) is 0 Å². The summed E-state index contributed by atoms with van der Waals surface area (Å²) in [6.45, 7) is 5.61. The number of hydrogen-bond donors (Lipinski definition) is 0. The van der Waals surface area contributed by atoms with Gasteiger partial charge in [-0.05, 0) is 67.1 Å². The minimum Gasteiger partial charge on any atom is -0.494 e.